The van der Waals surface area contributed by atoms with Crippen LogP contribution in [0.1, 0.15) is 49.4 Å². The molecule has 0 radical (unpaired) electrons. The molecule has 0 unspecified atom stereocenters. The van der Waals surface area contributed by atoms with Gasteiger partial charge in [-0.1, -0.05) is 17.3 Å². The molecule has 1 fully saturated rings. The SMILES string of the molecule is CN=C(NCCCc1nc(C)no1)NCc1cccc(OC)c1OC1CCCC1. The number of aliphatic imine (C=N–C) groups is 1. The summed E-state index contributed by atoms with van der Waals surface area (Å²) < 4.78 is 17.0. The Morgan fingerprint density at radius 3 is 2.79 bits per heavy atom. The minimum atomic E-state index is 0.274. The number of hydrogen-bond donors (Lipinski definition) is 2. The number of nitrogens with zero attached hydrogens (tertiary/aromatic N) is 3. The molecule has 8 heteroatoms. The molecule has 0 aliphatic heterocycles. The maximum Gasteiger partial charge on any atom is 0.226 e. The fourth-order valence-electron chi connectivity index (χ4n) is 3.46. The fraction of sp³-hybridized carbons (Fsp3) is 0.571. The molecule has 158 valence electrons. The number of benzene rings is 1. The Morgan fingerprint density at radius 2 is 2.10 bits per heavy atom. The van der Waals surface area contributed by atoms with Gasteiger partial charge in [0, 0.05) is 32.1 Å². The Morgan fingerprint density at radius 1 is 1.28 bits per heavy atom. The van der Waals surface area contributed by atoms with Crippen molar-refractivity contribution in [2.75, 3.05) is 20.7 Å². The van der Waals surface area contributed by atoms with Crippen LogP contribution in [0.25, 0.3) is 0 Å². The Bertz CT molecular complexity index is 799. The van der Waals surface area contributed by atoms with Crippen molar-refractivity contribution in [1.82, 2.24) is 20.8 Å². The summed E-state index contributed by atoms with van der Waals surface area (Å²) in [6, 6.07) is 5.99. The molecule has 1 saturated carbocycles. The standard InChI is InChI=1S/C21H31N5O3/c1-15-25-19(29-26-15)12-7-13-23-21(22-2)24-14-16-8-6-11-18(27-3)20(16)28-17-9-4-5-10-17/h6,8,11,17H,4-5,7,9-10,12-14H2,1-3H3,(H2,22,23,24). The normalized spacial score (nSPS) is 14.8. The van der Waals surface area contributed by atoms with Gasteiger partial charge in [0.25, 0.3) is 0 Å². The predicted molar refractivity (Wildman–Crippen MR) is 111 cm³/mol. The van der Waals surface area contributed by atoms with Crippen LogP contribution < -0.4 is 20.1 Å². The highest BCUT2D eigenvalue weighted by Gasteiger charge is 2.20. The number of aromatic nitrogens is 2. The van der Waals surface area contributed by atoms with Gasteiger partial charge in [-0.15, -0.1) is 0 Å². The van der Waals surface area contributed by atoms with Gasteiger partial charge in [-0.05, 0) is 45.1 Å². The first kappa shape index (κ1) is 21.0. The van der Waals surface area contributed by atoms with Crippen molar-refractivity contribution < 1.29 is 14.0 Å². The lowest BCUT2D eigenvalue weighted by Gasteiger charge is -2.20. The number of nitrogens with one attached hydrogen (secondary N) is 2. The molecular formula is C21H31N5O3. The molecule has 1 aromatic heterocycles. The van der Waals surface area contributed by atoms with E-state index in [1.54, 1.807) is 14.2 Å². The summed E-state index contributed by atoms with van der Waals surface area (Å²) in [5, 5.41) is 10.5. The lowest BCUT2D eigenvalue weighted by Crippen LogP contribution is -2.37. The molecule has 3 rings (SSSR count). The van der Waals surface area contributed by atoms with E-state index in [2.05, 4.69) is 31.8 Å². The van der Waals surface area contributed by atoms with E-state index in [0.717, 1.165) is 55.3 Å². The average Bonchev–Trinajstić information content (AvgIpc) is 3.40. The van der Waals surface area contributed by atoms with Gasteiger partial charge in [-0.3, -0.25) is 4.99 Å². The second-order valence-electron chi connectivity index (χ2n) is 7.16. The molecular weight excluding hydrogens is 370 g/mol. The summed E-state index contributed by atoms with van der Waals surface area (Å²) in [6.45, 7) is 3.17. The highest BCUT2D eigenvalue weighted by Crippen LogP contribution is 2.34. The number of methoxy groups -OCH3 is 1. The Balaban J connectivity index is 1.51. The van der Waals surface area contributed by atoms with Crippen LogP contribution in [0, 0.1) is 6.92 Å². The van der Waals surface area contributed by atoms with Crippen molar-refractivity contribution >= 4 is 5.96 Å². The summed E-state index contributed by atoms with van der Waals surface area (Å²) in [5.41, 5.74) is 1.06. The van der Waals surface area contributed by atoms with Gasteiger partial charge in [0.15, 0.2) is 23.3 Å². The number of ether oxygens (including phenoxy) is 2. The topological polar surface area (TPSA) is 93.8 Å². The molecule has 8 nitrogen and oxygen atoms in total. The zero-order chi connectivity index (χ0) is 20.5. The summed E-state index contributed by atoms with van der Waals surface area (Å²) in [4.78, 5) is 8.51. The van der Waals surface area contributed by atoms with Gasteiger partial charge in [-0.25, -0.2) is 0 Å². The maximum atomic E-state index is 6.30. The van der Waals surface area contributed by atoms with Crippen molar-refractivity contribution in [3.8, 4) is 11.5 Å². The first-order chi connectivity index (χ1) is 14.2. The molecule has 0 atom stereocenters. The molecule has 1 aromatic carbocycles. The van der Waals surface area contributed by atoms with E-state index in [1.807, 2.05) is 19.1 Å². The zero-order valence-corrected chi connectivity index (χ0v) is 17.5. The molecule has 0 bridgehead atoms. The smallest absolute Gasteiger partial charge is 0.226 e. The molecule has 1 aliphatic carbocycles. The summed E-state index contributed by atoms with van der Waals surface area (Å²) in [6.07, 6.45) is 6.55. The Labute approximate surface area is 172 Å². The quantitative estimate of drug-likeness (QED) is 0.379. The van der Waals surface area contributed by atoms with Gasteiger partial charge in [0.2, 0.25) is 5.89 Å². The molecule has 2 aromatic rings. The van der Waals surface area contributed by atoms with Crippen molar-refractivity contribution in [2.45, 2.75) is 58.1 Å². The van der Waals surface area contributed by atoms with Crippen molar-refractivity contribution in [3.63, 3.8) is 0 Å². The van der Waals surface area contributed by atoms with Crippen LogP contribution in [0.3, 0.4) is 0 Å². The number of hydrogen-bond acceptors (Lipinski definition) is 6. The first-order valence-electron chi connectivity index (χ1n) is 10.3. The van der Waals surface area contributed by atoms with Crippen molar-refractivity contribution in [3.05, 3.63) is 35.5 Å². The lowest BCUT2D eigenvalue weighted by atomic mass is 10.1. The van der Waals surface area contributed by atoms with E-state index >= 15 is 0 Å². The monoisotopic (exact) mass is 401 g/mol. The minimum Gasteiger partial charge on any atom is -0.493 e. The van der Waals surface area contributed by atoms with E-state index in [4.69, 9.17) is 14.0 Å². The minimum absolute atomic E-state index is 0.274. The van der Waals surface area contributed by atoms with Crippen molar-refractivity contribution in [2.24, 2.45) is 4.99 Å². The molecule has 29 heavy (non-hydrogen) atoms. The molecule has 1 heterocycles. The van der Waals surface area contributed by atoms with Crippen molar-refractivity contribution in [1.29, 1.82) is 0 Å². The van der Waals surface area contributed by atoms with E-state index in [-0.39, 0.29) is 6.10 Å². The highest BCUT2D eigenvalue weighted by atomic mass is 16.5. The second kappa shape index (κ2) is 10.7. The highest BCUT2D eigenvalue weighted by molar-refractivity contribution is 5.79. The van der Waals surface area contributed by atoms with Crippen LogP contribution in [-0.4, -0.2) is 42.9 Å². The van der Waals surface area contributed by atoms with Crippen LogP contribution in [0.4, 0.5) is 0 Å². The van der Waals surface area contributed by atoms with Gasteiger partial charge in [0.05, 0.1) is 13.2 Å². The Hall–Kier alpha value is -2.77. The average molecular weight is 402 g/mol. The number of para-hydroxylation sites is 1. The second-order valence-corrected chi connectivity index (χ2v) is 7.16. The third-order valence-electron chi connectivity index (χ3n) is 4.97. The lowest BCUT2D eigenvalue weighted by molar-refractivity contribution is 0.198. The largest absolute Gasteiger partial charge is 0.493 e. The van der Waals surface area contributed by atoms with E-state index in [9.17, 15) is 0 Å². The number of aryl methyl sites for hydroxylation is 2. The van der Waals surface area contributed by atoms with Gasteiger partial charge >= 0.3 is 0 Å². The summed E-state index contributed by atoms with van der Waals surface area (Å²) in [5.74, 6) is 3.67. The summed E-state index contributed by atoms with van der Waals surface area (Å²) in [7, 11) is 3.44. The van der Waals surface area contributed by atoms with Gasteiger partial charge in [0.1, 0.15) is 0 Å². The third kappa shape index (κ3) is 6.10. The number of guanidine groups is 1. The van der Waals surface area contributed by atoms with Crippen LogP contribution in [0.2, 0.25) is 0 Å². The van der Waals surface area contributed by atoms with Crippen LogP contribution >= 0.6 is 0 Å². The van der Waals surface area contributed by atoms with E-state index < -0.39 is 0 Å². The number of rotatable bonds is 9. The first-order valence-corrected chi connectivity index (χ1v) is 10.3. The van der Waals surface area contributed by atoms with Gasteiger partial charge in [-0.2, -0.15) is 4.98 Å². The molecule has 0 saturated heterocycles. The van der Waals surface area contributed by atoms with Crippen LogP contribution in [0.15, 0.2) is 27.7 Å². The molecule has 0 amide bonds. The molecule has 0 spiro atoms. The fourth-order valence-corrected chi connectivity index (χ4v) is 3.46. The Kier molecular flexibility index (Phi) is 7.72. The predicted octanol–water partition coefficient (Wildman–Crippen LogP) is 3.01. The zero-order valence-electron chi connectivity index (χ0n) is 17.5. The van der Waals surface area contributed by atoms with Gasteiger partial charge < -0.3 is 24.6 Å². The molecule has 1 aliphatic rings. The van der Waals surface area contributed by atoms with Crippen LogP contribution in [0.5, 0.6) is 11.5 Å². The third-order valence-corrected chi connectivity index (χ3v) is 4.97. The maximum absolute atomic E-state index is 6.30. The van der Waals surface area contributed by atoms with Crippen LogP contribution in [-0.2, 0) is 13.0 Å². The van der Waals surface area contributed by atoms with E-state index in [0.29, 0.717) is 18.3 Å². The van der Waals surface area contributed by atoms with E-state index in [1.165, 1.54) is 12.8 Å². The molecule has 2 N–H and O–H groups in total. The summed E-state index contributed by atoms with van der Waals surface area (Å²) >= 11 is 0.